The van der Waals surface area contributed by atoms with Gasteiger partial charge in [-0.05, 0) is 38.2 Å². The maximum absolute atomic E-state index is 12.2. The van der Waals surface area contributed by atoms with Crippen LogP contribution in [0.4, 0.5) is 0 Å². The first-order chi connectivity index (χ1) is 9.77. The lowest BCUT2D eigenvalue weighted by atomic mass is 10.0. The van der Waals surface area contributed by atoms with E-state index in [0.29, 0.717) is 35.7 Å². The monoisotopic (exact) mass is 294 g/mol. The molecular formula is C16H26N2O3. The van der Waals surface area contributed by atoms with Crippen LogP contribution in [0.3, 0.4) is 0 Å². The van der Waals surface area contributed by atoms with Gasteiger partial charge in [-0.2, -0.15) is 0 Å². The Morgan fingerprint density at radius 1 is 1.33 bits per heavy atom. The Kier molecular flexibility index (Phi) is 6.15. The lowest BCUT2D eigenvalue weighted by molar-refractivity contribution is 0.0895. The molecule has 1 amide bonds. The molecule has 0 aromatic carbocycles. The Balaban J connectivity index is 2.84. The molecule has 1 rings (SSSR count). The first kappa shape index (κ1) is 17.4. The number of aliphatic hydroxyl groups excluding tert-OH is 1. The second kappa shape index (κ2) is 7.41. The zero-order chi connectivity index (χ0) is 16.2. The number of rotatable bonds is 7. The van der Waals surface area contributed by atoms with Crippen LogP contribution >= 0.6 is 0 Å². The molecule has 0 aliphatic heterocycles. The lowest BCUT2D eigenvalue weighted by Gasteiger charge is -2.14. The minimum absolute atomic E-state index is 0.0421. The molecule has 5 nitrogen and oxygen atoms in total. The summed E-state index contributed by atoms with van der Waals surface area (Å²) < 4.78 is 0. The Morgan fingerprint density at radius 2 is 1.95 bits per heavy atom. The van der Waals surface area contributed by atoms with Gasteiger partial charge in [-0.3, -0.25) is 9.59 Å². The van der Waals surface area contributed by atoms with Gasteiger partial charge in [0.05, 0.1) is 6.10 Å². The predicted octanol–water partition coefficient (Wildman–Crippen LogP) is 2.22. The van der Waals surface area contributed by atoms with E-state index in [0.717, 1.165) is 5.56 Å². The number of carbonyl (C=O) groups is 2. The Morgan fingerprint density at radius 3 is 2.43 bits per heavy atom. The third-order valence-electron chi connectivity index (χ3n) is 3.47. The van der Waals surface area contributed by atoms with Gasteiger partial charge in [-0.15, -0.1) is 0 Å². The third kappa shape index (κ3) is 4.43. The molecule has 0 aliphatic rings. The van der Waals surface area contributed by atoms with Crippen LogP contribution < -0.4 is 5.32 Å². The van der Waals surface area contributed by atoms with E-state index in [2.05, 4.69) is 10.3 Å². The summed E-state index contributed by atoms with van der Waals surface area (Å²) in [6, 6.07) is 0. The summed E-state index contributed by atoms with van der Waals surface area (Å²) in [5.74, 6) is 0.0601. The second-order valence-corrected chi connectivity index (χ2v) is 5.88. The average Bonchev–Trinajstić information content (AvgIpc) is 2.72. The average molecular weight is 294 g/mol. The first-order valence-electron chi connectivity index (χ1n) is 7.46. The Bertz CT molecular complexity index is 518. The molecule has 0 spiro atoms. The maximum Gasteiger partial charge on any atom is 0.268 e. The van der Waals surface area contributed by atoms with Gasteiger partial charge in [0.2, 0.25) is 0 Å². The highest BCUT2D eigenvalue weighted by Gasteiger charge is 2.21. The molecular weight excluding hydrogens is 268 g/mol. The number of aryl methyl sites for hydroxylation is 1. The third-order valence-corrected chi connectivity index (χ3v) is 3.47. The van der Waals surface area contributed by atoms with E-state index >= 15 is 0 Å². The van der Waals surface area contributed by atoms with Crippen molar-refractivity contribution < 1.29 is 14.7 Å². The van der Waals surface area contributed by atoms with E-state index in [4.69, 9.17) is 0 Å². The fraction of sp³-hybridized carbons (Fsp3) is 0.625. The van der Waals surface area contributed by atoms with Gasteiger partial charge in [-0.1, -0.05) is 20.8 Å². The van der Waals surface area contributed by atoms with E-state index in [1.165, 1.54) is 6.92 Å². The Labute approximate surface area is 126 Å². The molecule has 0 fully saturated rings. The van der Waals surface area contributed by atoms with Crippen molar-refractivity contribution in [3.63, 3.8) is 0 Å². The van der Waals surface area contributed by atoms with Gasteiger partial charge in [-0.25, -0.2) is 0 Å². The number of aliphatic hydroxyl groups is 1. The minimum Gasteiger partial charge on any atom is -0.391 e. The molecule has 118 valence electrons. The van der Waals surface area contributed by atoms with Gasteiger partial charge < -0.3 is 15.4 Å². The summed E-state index contributed by atoms with van der Waals surface area (Å²) in [4.78, 5) is 26.9. The molecule has 0 bridgehead atoms. The van der Waals surface area contributed by atoms with E-state index < -0.39 is 6.10 Å². The van der Waals surface area contributed by atoms with Gasteiger partial charge in [0, 0.05) is 17.8 Å². The van der Waals surface area contributed by atoms with Crippen molar-refractivity contribution in [1.29, 1.82) is 0 Å². The SMILES string of the molecule is CCc1c(C(=O)NCC(O)CC(C)C)[nH]c(C)c1C(C)=O. The minimum atomic E-state index is -0.553. The normalized spacial score (nSPS) is 12.5. The number of aromatic nitrogens is 1. The number of aromatic amines is 1. The maximum atomic E-state index is 12.2. The molecule has 5 heteroatoms. The summed E-state index contributed by atoms with van der Waals surface area (Å²) >= 11 is 0. The summed E-state index contributed by atoms with van der Waals surface area (Å²) in [6.45, 7) is 9.47. The fourth-order valence-electron chi connectivity index (χ4n) is 2.63. The Hall–Kier alpha value is -1.62. The molecule has 1 aromatic heterocycles. The van der Waals surface area contributed by atoms with Crippen LogP contribution in [-0.2, 0) is 6.42 Å². The van der Waals surface area contributed by atoms with Crippen LogP contribution in [0.2, 0.25) is 0 Å². The topological polar surface area (TPSA) is 82.2 Å². The molecule has 1 heterocycles. The number of ketones is 1. The molecule has 3 N–H and O–H groups in total. The van der Waals surface area contributed by atoms with Gasteiger partial charge in [0.1, 0.15) is 5.69 Å². The summed E-state index contributed by atoms with van der Waals surface area (Å²) in [5.41, 5.74) is 2.49. The summed E-state index contributed by atoms with van der Waals surface area (Å²) in [5, 5.41) is 12.5. The van der Waals surface area contributed by atoms with Crippen molar-refractivity contribution in [3.8, 4) is 0 Å². The lowest BCUT2D eigenvalue weighted by Crippen LogP contribution is -2.33. The van der Waals surface area contributed by atoms with Crippen molar-refractivity contribution in [2.75, 3.05) is 6.54 Å². The first-order valence-corrected chi connectivity index (χ1v) is 7.46. The van der Waals surface area contributed by atoms with E-state index in [9.17, 15) is 14.7 Å². The van der Waals surface area contributed by atoms with E-state index in [1.54, 1.807) is 6.92 Å². The largest absolute Gasteiger partial charge is 0.391 e. The summed E-state index contributed by atoms with van der Waals surface area (Å²) in [6.07, 6.45) is 0.697. The molecule has 0 aliphatic carbocycles. The zero-order valence-corrected chi connectivity index (χ0v) is 13.5. The predicted molar refractivity (Wildman–Crippen MR) is 82.7 cm³/mol. The smallest absolute Gasteiger partial charge is 0.268 e. The van der Waals surface area contributed by atoms with Crippen molar-refractivity contribution in [1.82, 2.24) is 10.3 Å². The van der Waals surface area contributed by atoms with Gasteiger partial charge >= 0.3 is 0 Å². The zero-order valence-electron chi connectivity index (χ0n) is 13.5. The van der Waals surface area contributed by atoms with Crippen LogP contribution in [0.25, 0.3) is 0 Å². The molecule has 1 atom stereocenters. The molecule has 21 heavy (non-hydrogen) atoms. The van der Waals surface area contributed by atoms with Gasteiger partial charge in [0.25, 0.3) is 5.91 Å². The van der Waals surface area contributed by atoms with Crippen molar-refractivity contribution in [3.05, 3.63) is 22.5 Å². The van der Waals surface area contributed by atoms with Crippen molar-refractivity contribution in [2.45, 2.75) is 53.6 Å². The standard InChI is InChI=1S/C16H26N2O3/c1-6-13-14(11(5)19)10(4)18-15(13)16(21)17-8-12(20)7-9(2)3/h9,12,18,20H,6-8H2,1-5H3,(H,17,21). The van der Waals surface area contributed by atoms with Crippen LogP contribution in [0.5, 0.6) is 0 Å². The number of carbonyl (C=O) groups excluding carboxylic acids is 2. The van der Waals surface area contributed by atoms with E-state index in [1.807, 2.05) is 20.8 Å². The highest BCUT2D eigenvalue weighted by Crippen LogP contribution is 2.20. The number of amides is 1. The second-order valence-electron chi connectivity index (χ2n) is 5.88. The number of H-pyrrole nitrogens is 1. The van der Waals surface area contributed by atoms with Crippen LogP contribution in [0.1, 0.15) is 66.2 Å². The molecule has 0 saturated carbocycles. The molecule has 1 unspecified atom stereocenters. The quantitative estimate of drug-likeness (QED) is 0.674. The fourth-order valence-corrected chi connectivity index (χ4v) is 2.63. The highest BCUT2D eigenvalue weighted by atomic mass is 16.3. The molecule has 0 radical (unpaired) electrons. The number of nitrogens with one attached hydrogen (secondary N) is 2. The highest BCUT2D eigenvalue weighted by molar-refractivity contribution is 6.02. The number of Topliss-reactive ketones (excluding diaryl/α,β-unsaturated/α-hetero) is 1. The van der Waals surface area contributed by atoms with Crippen molar-refractivity contribution >= 4 is 11.7 Å². The van der Waals surface area contributed by atoms with Gasteiger partial charge in [0.15, 0.2) is 5.78 Å². The van der Waals surface area contributed by atoms with Crippen LogP contribution in [-0.4, -0.2) is 34.4 Å². The number of hydrogen-bond acceptors (Lipinski definition) is 3. The van der Waals surface area contributed by atoms with Crippen LogP contribution in [0, 0.1) is 12.8 Å². The summed E-state index contributed by atoms with van der Waals surface area (Å²) in [7, 11) is 0. The number of hydrogen-bond donors (Lipinski definition) is 3. The van der Waals surface area contributed by atoms with E-state index in [-0.39, 0.29) is 18.2 Å². The van der Waals surface area contributed by atoms with Crippen LogP contribution in [0.15, 0.2) is 0 Å². The molecule has 0 saturated heterocycles. The molecule has 1 aromatic rings. The van der Waals surface area contributed by atoms with Crippen molar-refractivity contribution in [2.24, 2.45) is 5.92 Å².